The fourth-order valence-corrected chi connectivity index (χ4v) is 6.44. The fourth-order valence-electron chi connectivity index (χ4n) is 5.02. The van der Waals surface area contributed by atoms with Crippen LogP contribution in [0.15, 0.2) is 57.9 Å². The molecule has 2 aliphatic rings. The van der Waals surface area contributed by atoms with Gasteiger partial charge in [-0.2, -0.15) is 9.29 Å². The van der Waals surface area contributed by atoms with Crippen LogP contribution in [0.2, 0.25) is 0 Å². The number of hydrogen-bond donors (Lipinski definition) is 0. The Kier molecular flexibility index (Phi) is 7.41. The second kappa shape index (κ2) is 10.7. The van der Waals surface area contributed by atoms with E-state index in [1.165, 1.54) is 4.31 Å². The third kappa shape index (κ3) is 5.76. The van der Waals surface area contributed by atoms with Crippen LogP contribution in [0.1, 0.15) is 29.9 Å². The van der Waals surface area contributed by atoms with Gasteiger partial charge in [0.2, 0.25) is 27.6 Å². The highest BCUT2D eigenvalue weighted by atomic mass is 32.2. The lowest BCUT2D eigenvalue weighted by atomic mass is 9.95. The summed E-state index contributed by atoms with van der Waals surface area (Å²) in [6.07, 6.45) is 1.53. The number of piperidine rings is 1. The van der Waals surface area contributed by atoms with Crippen molar-refractivity contribution in [2.24, 2.45) is 5.92 Å². The smallest absolute Gasteiger partial charge is 0.243 e. The van der Waals surface area contributed by atoms with Gasteiger partial charge in [0.15, 0.2) is 0 Å². The summed E-state index contributed by atoms with van der Waals surface area (Å²) in [5.74, 6) is 1.26. The molecule has 0 atom stereocenters. The molecule has 0 saturated carbocycles. The molecule has 2 aliphatic heterocycles. The van der Waals surface area contributed by atoms with Crippen LogP contribution in [-0.2, 0) is 21.4 Å². The zero-order valence-electron chi connectivity index (χ0n) is 21.3. The Hall–Kier alpha value is -3.08. The van der Waals surface area contributed by atoms with E-state index in [-0.39, 0.29) is 11.8 Å². The molecular formula is C27H33N5O4S. The van der Waals surface area contributed by atoms with E-state index < -0.39 is 10.0 Å². The molecule has 5 rings (SSSR count). The van der Waals surface area contributed by atoms with Gasteiger partial charge < -0.3 is 9.42 Å². The number of benzene rings is 2. The maximum Gasteiger partial charge on any atom is 0.243 e. The lowest BCUT2D eigenvalue weighted by molar-refractivity contribution is -0.138. The Balaban J connectivity index is 1.10. The average Bonchev–Trinajstić information content (AvgIpc) is 3.38. The zero-order valence-corrected chi connectivity index (χ0v) is 22.2. The van der Waals surface area contributed by atoms with E-state index >= 15 is 0 Å². The van der Waals surface area contributed by atoms with Gasteiger partial charge in [-0.3, -0.25) is 9.69 Å². The van der Waals surface area contributed by atoms with Gasteiger partial charge >= 0.3 is 0 Å². The molecule has 0 spiro atoms. The number of hydrogen-bond acceptors (Lipinski definition) is 7. The number of rotatable bonds is 6. The van der Waals surface area contributed by atoms with Gasteiger partial charge in [0, 0.05) is 37.7 Å². The van der Waals surface area contributed by atoms with Gasteiger partial charge in [0.1, 0.15) is 0 Å². The minimum absolute atomic E-state index is 0.0398. The van der Waals surface area contributed by atoms with Crippen molar-refractivity contribution in [1.82, 2.24) is 24.2 Å². The number of aryl methyl sites for hydroxylation is 2. The number of nitrogens with zero attached hydrogens (tertiary/aromatic N) is 5. The van der Waals surface area contributed by atoms with Crippen LogP contribution in [0.4, 0.5) is 0 Å². The SMILES string of the molecule is Cc1ccc(S(=O)(=O)N2CCN(C(=O)C3CCN(Cc4nc(-c5cccc(C)c5)no4)CC3)CC2)cc1. The highest BCUT2D eigenvalue weighted by Gasteiger charge is 2.34. The topological polar surface area (TPSA) is 99.9 Å². The lowest BCUT2D eigenvalue weighted by Crippen LogP contribution is -2.52. The molecule has 2 fully saturated rings. The molecule has 1 amide bonds. The molecule has 196 valence electrons. The van der Waals surface area contributed by atoms with Crippen molar-refractivity contribution in [1.29, 1.82) is 0 Å². The monoisotopic (exact) mass is 523 g/mol. The normalized spacial score (nSPS) is 18.3. The van der Waals surface area contributed by atoms with Gasteiger partial charge in [-0.05, 0) is 58.0 Å². The van der Waals surface area contributed by atoms with E-state index in [0.29, 0.717) is 49.3 Å². The summed E-state index contributed by atoms with van der Waals surface area (Å²) in [7, 11) is -3.54. The van der Waals surface area contributed by atoms with Crippen molar-refractivity contribution in [2.45, 2.75) is 38.1 Å². The number of piperazine rings is 1. The summed E-state index contributed by atoms with van der Waals surface area (Å²) >= 11 is 0. The molecular weight excluding hydrogens is 490 g/mol. The average molecular weight is 524 g/mol. The first-order valence-corrected chi connectivity index (χ1v) is 14.2. The van der Waals surface area contributed by atoms with Crippen LogP contribution >= 0.6 is 0 Å². The van der Waals surface area contributed by atoms with Crippen molar-refractivity contribution in [3.8, 4) is 11.4 Å². The van der Waals surface area contributed by atoms with Crippen LogP contribution in [-0.4, -0.2) is 77.8 Å². The highest BCUT2D eigenvalue weighted by molar-refractivity contribution is 7.89. The molecule has 9 nitrogen and oxygen atoms in total. The maximum absolute atomic E-state index is 13.2. The Labute approximate surface area is 218 Å². The van der Waals surface area contributed by atoms with Crippen LogP contribution in [0.25, 0.3) is 11.4 Å². The van der Waals surface area contributed by atoms with Crippen molar-refractivity contribution < 1.29 is 17.7 Å². The highest BCUT2D eigenvalue weighted by Crippen LogP contribution is 2.24. The number of aromatic nitrogens is 2. The largest absolute Gasteiger partial charge is 0.340 e. The van der Waals surface area contributed by atoms with E-state index in [0.717, 1.165) is 42.6 Å². The third-order valence-corrected chi connectivity index (χ3v) is 9.16. The summed E-state index contributed by atoms with van der Waals surface area (Å²) in [4.78, 5) is 22.1. The quantitative estimate of drug-likeness (QED) is 0.490. The number of likely N-dealkylation sites (tertiary alicyclic amines) is 1. The second-order valence-corrected chi connectivity index (χ2v) is 11.9. The van der Waals surface area contributed by atoms with Gasteiger partial charge in [0.05, 0.1) is 11.4 Å². The molecule has 0 radical (unpaired) electrons. The Morgan fingerprint density at radius 1 is 0.946 bits per heavy atom. The first-order chi connectivity index (χ1) is 17.8. The molecule has 2 saturated heterocycles. The van der Waals surface area contributed by atoms with Gasteiger partial charge in [-0.15, -0.1) is 0 Å². The van der Waals surface area contributed by atoms with E-state index in [4.69, 9.17) is 4.52 Å². The number of amides is 1. The van der Waals surface area contributed by atoms with Crippen molar-refractivity contribution in [3.63, 3.8) is 0 Å². The van der Waals surface area contributed by atoms with E-state index in [9.17, 15) is 13.2 Å². The molecule has 10 heteroatoms. The summed E-state index contributed by atoms with van der Waals surface area (Å²) in [6.45, 7) is 7.57. The van der Waals surface area contributed by atoms with Gasteiger partial charge in [-0.1, -0.05) is 46.6 Å². The van der Waals surface area contributed by atoms with Crippen molar-refractivity contribution in [2.75, 3.05) is 39.3 Å². The Morgan fingerprint density at radius 2 is 1.65 bits per heavy atom. The molecule has 3 heterocycles. The molecule has 1 aromatic heterocycles. The summed E-state index contributed by atoms with van der Waals surface area (Å²) in [5.41, 5.74) is 3.10. The summed E-state index contributed by atoms with van der Waals surface area (Å²) < 4.78 is 32.9. The van der Waals surface area contributed by atoms with Crippen LogP contribution in [0.5, 0.6) is 0 Å². The molecule has 0 N–H and O–H groups in total. The number of sulfonamides is 1. The van der Waals surface area contributed by atoms with Crippen LogP contribution in [0, 0.1) is 19.8 Å². The zero-order chi connectivity index (χ0) is 26.0. The maximum atomic E-state index is 13.2. The predicted octanol–water partition coefficient (Wildman–Crippen LogP) is 3.10. The first-order valence-electron chi connectivity index (χ1n) is 12.8. The second-order valence-electron chi connectivity index (χ2n) is 9.97. The summed E-state index contributed by atoms with van der Waals surface area (Å²) in [5, 5.41) is 4.12. The van der Waals surface area contributed by atoms with E-state index in [1.54, 1.807) is 24.3 Å². The minimum atomic E-state index is -3.54. The minimum Gasteiger partial charge on any atom is -0.340 e. The third-order valence-electron chi connectivity index (χ3n) is 7.25. The number of carbonyl (C=O) groups is 1. The van der Waals surface area contributed by atoms with Gasteiger partial charge in [0.25, 0.3) is 0 Å². The summed E-state index contributed by atoms with van der Waals surface area (Å²) in [6, 6.07) is 14.9. The molecule has 0 unspecified atom stereocenters. The molecule has 0 bridgehead atoms. The lowest BCUT2D eigenvalue weighted by Gasteiger charge is -2.38. The van der Waals surface area contributed by atoms with E-state index in [1.807, 2.05) is 43.0 Å². The molecule has 2 aromatic carbocycles. The predicted molar refractivity (Wildman–Crippen MR) is 139 cm³/mol. The van der Waals surface area contributed by atoms with Crippen molar-refractivity contribution in [3.05, 3.63) is 65.5 Å². The molecule has 37 heavy (non-hydrogen) atoms. The first kappa shape index (κ1) is 25.6. The molecule has 0 aliphatic carbocycles. The van der Waals surface area contributed by atoms with E-state index in [2.05, 4.69) is 15.0 Å². The Morgan fingerprint density at radius 3 is 2.32 bits per heavy atom. The Bertz CT molecular complexity index is 1340. The fraction of sp³-hybridized carbons (Fsp3) is 0.444. The number of carbonyl (C=O) groups excluding carboxylic acids is 1. The van der Waals surface area contributed by atoms with Crippen LogP contribution in [0.3, 0.4) is 0 Å². The van der Waals surface area contributed by atoms with Crippen molar-refractivity contribution >= 4 is 15.9 Å². The molecule has 3 aromatic rings. The standard InChI is InChI=1S/C27H33N5O4S/c1-20-6-8-24(9-7-20)37(34,35)32-16-14-31(15-17-32)27(33)22-10-12-30(13-11-22)19-25-28-26(29-36-25)23-5-3-4-21(2)18-23/h3-9,18,22H,10-17,19H2,1-2H3. The van der Waals surface area contributed by atoms with Crippen LogP contribution < -0.4 is 0 Å². The van der Waals surface area contributed by atoms with Gasteiger partial charge in [-0.25, -0.2) is 8.42 Å².